The van der Waals surface area contributed by atoms with Gasteiger partial charge < -0.3 is 15.2 Å². The fourth-order valence-electron chi connectivity index (χ4n) is 6.11. The van der Waals surface area contributed by atoms with Crippen molar-refractivity contribution in [2.45, 2.75) is 63.8 Å². The van der Waals surface area contributed by atoms with Crippen LogP contribution >= 0.6 is 0 Å². The first-order chi connectivity index (χ1) is 9.01. The summed E-state index contributed by atoms with van der Waals surface area (Å²) >= 11 is 0. The van der Waals surface area contributed by atoms with E-state index in [4.69, 9.17) is 15.2 Å². The molecule has 6 atom stereocenters. The maximum Gasteiger partial charge on any atom is 0.406 e. The van der Waals surface area contributed by atoms with Crippen LogP contribution in [0.2, 0.25) is 0 Å². The number of carbonyl (C=O) groups excluding carboxylic acids is 1. The van der Waals surface area contributed by atoms with Gasteiger partial charge in [-0.25, -0.2) is 4.79 Å². The monoisotopic (exact) mass is 265 g/mol. The van der Waals surface area contributed by atoms with E-state index in [1.54, 1.807) is 6.92 Å². The molecule has 0 aliphatic heterocycles. The maximum atomic E-state index is 10.8. The molecule has 0 aromatic heterocycles. The van der Waals surface area contributed by atoms with Crippen molar-refractivity contribution in [2.75, 3.05) is 0 Å². The van der Waals surface area contributed by atoms with Gasteiger partial charge in [-0.15, -0.1) is 0 Å². The fraction of sp³-hybridized carbons (Fsp3) is 0.933. The van der Waals surface area contributed by atoms with Gasteiger partial charge >= 0.3 is 6.09 Å². The van der Waals surface area contributed by atoms with Crippen molar-refractivity contribution in [1.29, 1.82) is 0 Å². The Hall–Kier alpha value is -0.770. The lowest BCUT2D eigenvalue weighted by Gasteiger charge is -2.62. The summed E-state index contributed by atoms with van der Waals surface area (Å²) in [5, 5.41) is 0. The Kier molecular flexibility index (Phi) is 2.31. The SMILES string of the molecule is CC(OC(N)=O)OC12CCC3CC4CC(C1)CC34C2. The highest BCUT2D eigenvalue weighted by Gasteiger charge is 2.68. The fourth-order valence-corrected chi connectivity index (χ4v) is 6.11. The summed E-state index contributed by atoms with van der Waals surface area (Å²) in [6, 6.07) is 0. The minimum Gasteiger partial charge on any atom is -0.420 e. The minimum atomic E-state index is -0.740. The van der Waals surface area contributed by atoms with E-state index in [1.807, 2.05) is 0 Å². The van der Waals surface area contributed by atoms with Gasteiger partial charge in [0.05, 0.1) is 5.60 Å². The molecule has 0 aromatic rings. The quantitative estimate of drug-likeness (QED) is 0.798. The maximum absolute atomic E-state index is 10.8. The van der Waals surface area contributed by atoms with Gasteiger partial charge in [-0.1, -0.05) is 0 Å². The zero-order chi connectivity index (χ0) is 13.3. The molecule has 19 heavy (non-hydrogen) atoms. The van der Waals surface area contributed by atoms with Crippen LogP contribution in [0.15, 0.2) is 0 Å². The predicted octanol–water partition coefficient (Wildman–Crippen LogP) is 2.80. The van der Waals surface area contributed by atoms with Crippen LogP contribution in [-0.2, 0) is 9.47 Å². The smallest absolute Gasteiger partial charge is 0.406 e. The van der Waals surface area contributed by atoms with Crippen LogP contribution in [0.3, 0.4) is 0 Å². The van der Waals surface area contributed by atoms with E-state index in [9.17, 15) is 4.79 Å². The van der Waals surface area contributed by atoms with Crippen LogP contribution in [0.5, 0.6) is 0 Å². The van der Waals surface area contributed by atoms with Gasteiger partial charge in [0.25, 0.3) is 0 Å². The Morgan fingerprint density at radius 2 is 2.16 bits per heavy atom. The lowest BCUT2D eigenvalue weighted by atomic mass is 9.45. The highest BCUT2D eigenvalue weighted by atomic mass is 16.7. The number of ether oxygens (including phenoxy) is 2. The molecule has 2 N–H and O–H groups in total. The molecule has 0 heterocycles. The molecule has 4 fully saturated rings. The predicted molar refractivity (Wildman–Crippen MR) is 69.2 cm³/mol. The van der Waals surface area contributed by atoms with Crippen LogP contribution in [0.1, 0.15) is 51.9 Å². The van der Waals surface area contributed by atoms with Crippen LogP contribution in [0.25, 0.3) is 0 Å². The first-order valence-electron chi connectivity index (χ1n) is 7.65. The van der Waals surface area contributed by atoms with Gasteiger partial charge in [-0.2, -0.15) is 0 Å². The summed E-state index contributed by atoms with van der Waals surface area (Å²) in [7, 11) is 0. The van der Waals surface area contributed by atoms with Gasteiger partial charge in [0.2, 0.25) is 6.29 Å². The zero-order valence-electron chi connectivity index (χ0n) is 11.6. The van der Waals surface area contributed by atoms with Crippen molar-refractivity contribution < 1.29 is 14.3 Å². The molecule has 1 spiro atoms. The van der Waals surface area contributed by atoms with Gasteiger partial charge in [0.1, 0.15) is 0 Å². The summed E-state index contributed by atoms with van der Waals surface area (Å²) in [5.41, 5.74) is 5.63. The first kappa shape index (κ1) is 12.0. The number of hydrogen-bond donors (Lipinski definition) is 1. The third-order valence-corrected chi connectivity index (χ3v) is 6.44. The summed E-state index contributed by atoms with van der Waals surface area (Å²) in [6.07, 6.45) is 7.83. The third-order valence-electron chi connectivity index (χ3n) is 6.44. The lowest BCUT2D eigenvalue weighted by Crippen LogP contribution is -2.58. The Morgan fingerprint density at radius 1 is 1.32 bits per heavy atom. The Bertz CT molecular complexity index is 420. The number of rotatable bonds is 3. The number of primary amides is 1. The molecule has 4 aliphatic rings. The Balaban J connectivity index is 1.54. The van der Waals surface area contributed by atoms with E-state index < -0.39 is 12.4 Å². The van der Waals surface area contributed by atoms with Crippen molar-refractivity contribution in [1.82, 2.24) is 0 Å². The Morgan fingerprint density at radius 3 is 2.95 bits per heavy atom. The van der Waals surface area contributed by atoms with E-state index in [0.29, 0.717) is 5.41 Å². The number of hydrogen-bond acceptors (Lipinski definition) is 3. The molecular formula is C15H23NO3. The molecule has 0 radical (unpaired) electrons. The van der Waals surface area contributed by atoms with Crippen molar-refractivity contribution in [3.8, 4) is 0 Å². The van der Waals surface area contributed by atoms with E-state index >= 15 is 0 Å². The highest BCUT2D eigenvalue weighted by Crippen LogP contribution is 2.74. The molecule has 4 nitrogen and oxygen atoms in total. The molecular weight excluding hydrogens is 242 g/mol. The average molecular weight is 265 g/mol. The lowest BCUT2D eigenvalue weighted by molar-refractivity contribution is -0.243. The second-order valence-electron chi connectivity index (χ2n) is 7.39. The van der Waals surface area contributed by atoms with Crippen LogP contribution in [0.4, 0.5) is 4.79 Å². The minimum absolute atomic E-state index is 0.0382. The second-order valence-corrected chi connectivity index (χ2v) is 7.39. The number of amides is 1. The molecule has 3 bridgehead atoms. The topological polar surface area (TPSA) is 61.5 Å². The van der Waals surface area contributed by atoms with Crippen LogP contribution < -0.4 is 5.73 Å². The second kappa shape index (κ2) is 3.66. The summed E-state index contributed by atoms with van der Waals surface area (Å²) in [6.45, 7) is 1.79. The van der Waals surface area contributed by atoms with Gasteiger partial charge in [-0.05, 0) is 75.0 Å². The van der Waals surface area contributed by atoms with Crippen LogP contribution in [-0.4, -0.2) is 18.0 Å². The van der Waals surface area contributed by atoms with Crippen molar-refractivity contribution in [3.63, 3.8) is 0 Å². The highest BCUT2D eigenvalue weighted by molar-refractivity contribution is 5.64. The molecule has 6 unspecified atom stereocenters. The van der Waals surface area contributed by atoms with Crippen molar-refractivity contribution in [3.05, 3.63) is 0 Å². The number of fused-ring (bicyclic) bond motifs is 2. The van der Waals surface area contributed by atoms with Crippen molar-refractivity contribution in [2.24, 2.45) is 28.9 Å². The standard InChI is InChI=1S/C15H23NO3/c1-9(18-13(16)17)19-14-3-2-11-5-12-4-10(6-14)7-15(11,12)8-14/h9-12H,2-8H2,1H3,(H2,16,17). The van der Waals surface area contributed by atoms with E-state index in [0.717, 1.165) is 30.6 Å². The first-order valence-corrected chi connectivity index (χ1v) is 7.65. The average Bonchev–Trinajstić information content (AvgIpc) is 2.52. The molecule has 4 rings (SSSR count). The zero-order valence-corrected chi connectivity index (χ0v) is 11.6. The van der Waals surface area contributed by atoms with E-state index in [-0.39, 0.29) is 5.60 Å². The molecule has 0 aromatic carbocycles. The summed E-state index contributed by atoms with van der Waals surface area (Å²) < 4.78 is 11.2. The van der Waals surface area contributed by atoms with E-state index in [2.05, 4.69) is 0 Å². The molecule has 0 saturated heterocycles. The number of nitrogens with two attached hydrogens (primary N) is 1. The largest absolute Gasteiger partial charge is 0.420 e. The van der Waals surface area contributed by atoms with Gasteiger partial charge in [-0.3, -0.25) is 0 Å². The van der Waals surface area contributed by atoms with Crippen LogP contribution in [0, 0.1) is 23.2 Å². The Labute approximate surface area is 114 Å². The number of carbonyl (C=O) groups is 1. The summed E-state index contributed by atoms with van der Waals surface area (Å²) in [5.74, 6) is 2.75. The summed E-state index contributed by atoms with van der Waals surface area (Å²) in [4.78, 5) is 10.8. The normalized spacial score (nSPS) is 51.3. The molecule has 1 amide bonds. The third kappa shape index (κ3) is 1.58. The van der Waals surface area contributed by atoms with Gasteiger partial charge in [0, 0.05) is 0 Å². The molecule has 106 valence electrons. The van der Waals surface area contributed by atoms with Gasteiger partial charge in [0.15, 0.2) is 0 Å². The van der Waals surface area contributed by atoms with Crippen molar-refractivity contribution >= 4 is 6.09 Å². The van der Waals surface area contributed by atoms with E-state index in [1.165, 1.54) is 32.1 Å². The molecule has 4 heteroatoms. The molecule has 4 saturated carbocycles. The molecule has 4 aliphatic carbocycles.